The molecule has 0 heterocycles. The fourth-order valence-corrected chi connectivity index (χ4v) is 1.85. The topological polar surface area (TPSA) is 126 Å². The number of hydrogen-bond acceptors (Lipinski definition) is 9. The molecule has 0 aliphatic carbocycles. The van der Waals surface area contributed by atoms with Gasteiger partial charge in [0.25, 0.3) is 0 Å². The molecule has 0 saturated heterocycles. The molecule has 10 heteroatoms. The molecule has 0 bridgehead atoms. The first-order valence-corrected chi connectivity index (χ1v) is 9.23. The Hall–Kier alpha value is -2.20. The Labute approximate surface area is 165 Å². The van der Waals surface area contributed by atoms with Crippen LogP contribution >= 0.6 is 0 Å². The smallest absolute Gasteiger partial charge is 0.306 e. The number of carbonyl (C=O) groups is 4. The van der Waals surface area contributed by atoms with E-state index in [0.29, 0.717) is 33.0 Å². The summed E-state index contributed by atoms with van der Waals surface area (Å²) >= 11 is 0. The Balaban J connectivity index is 3.83. The summed E-state index contributed by atoms with van der Waals surface area (Å²) < 4.78 is 25.1. The molecule has 1 amide bonds. The highest BCUT2D eigenvalue weighted by molar-refractivity contribution is 5.81. The van der Waals surface area contributed by atoms with Crippen LogP contribution in [0.1, 0.15) is 40.0 Å². The number of amides is 1. The second kappa shape index (κ2) is 16.9. The van der Waals surface area contributed by atoms with Crippen LogP contribution in [0.5, 0.6) is 0 Å². The van der Waals surface area contributed by atoms with Gasteiger partial charge >= 0.3 is 17.9 Å². The molecule has 0 fully saturated rings. The summed E-state index contributed by atoms with van der Waals surface area (Å²) in [5.74, 6) is -2.07. The number of esters is 3. The highest BCUT2D eigenvalue weighted by Crippen LogP contribution is 2.00. The van der Waals surface area contributed by atoms with Crippen molar-refractivity contribution in [3.05, 3.63) is 0 Å². The molecule has 0 rings (SSSR count). The van der Waals surface area contributed by atoms with Crippen LogP contribution in [0.3, 0.4) is 0 Å². The van der Waals surface area contributed by atoms with Gasteiger partial charge in [-0.05, 0) is 6.42 Å². The minimum Gasteiger partial charge on any atom is -0.462 e. The van der Waals surface area contributed by atoms with E-state index in [1.165, 1.54) is 13.8 Å². The van der Waals surface area contributed by atoms with Crippen LogP contribution in [0.25, 0.3) is 0 Å². The van der Waals surface area contributed by atoms with Crippen LogP contribution < -0.4 is 5.32 Å². The summed E-state index contributed by atoms with van der Waals surface area (Å²) in [6.45, 7) is 6.29. The molecular weight excluding hydrogens is 374 g/mol. The van der Waals surface area contributed by atoms with Gasteiger partial charge in [0.2, 0.25) is 5.91 Å². The van der Waals surface area contributed by atoms with Crippen molar-refractivity contribution >= 4 is 23.8 Å². The van der Waals surface area contributed by atoms with Crippen molar-refractivity contribution in [2.24, 2.45) is 0 Å². The van der Waals surface area contributed by atoms with E-state index in [0.717, 1.165) is 6.42 Å². The van der Waals surface area contributed by atoms with Crippen LogP contribution in [-0.4, -0.2) is 76.1 Å². The minimum absolute atomic E-state index is 0.0410. The molecule has 10 nitrogen and oxygen atoms in total. The molecule has 0 aromatic carbocycles. The third-order valence-corrected chi connectivity index (χ3v) is 3.08. The van der Waals surface area contributed by atoms with E-state index in [1.807, 2.05) is 6.92 Å². The van der Waals surface area contributed by atoms with Crippen LogP contribution in [0, 0.1) is 0 Å². The van der Waals surface area contributed by atoms with Gasteiger partial charge in [0.15, 0.2) is 6.10 Å². The molecule has 0 radical (unpaired) electrons. The van der Waals surface area contributed by atoms with E-state index in [2.05, 4.69) is 5.32 Å². The van der Waals surface area contributed by atoms with Gasteiger partial charge in [-0.3, -0.25) is 19.2 Å². The van der Waals surface area contributed by atoms with Crippen molar-refractivity contribution in [1.29, 1.82) is 0 Å². The maximum absolute atomic E-state index is 11.7. The lowest BCUT2D eigenvalue weighted by Gasteiger charge is -2.16. The fraction of sp³-hybridized carbons (Fsp3) is 0.778. The Morgan fingerprint density at radius 3 is 2.07 bits per heavy atom. The van der Waals surface area contributed by atoms with Gasteiger partial charge in [-0.1, -0.05) is 6.92 Å². The van der Waals surface area contributed by atoms with Crippen LogP contribution in [0.4, 0.5) is 0 Å². The van der Waals surface area contributed by atoms with Gasteiger partial charge < -0.3 is 29.0 Å². The maximum Gasteiger partial charge on any atom is 0.306 e. The average molecular weight is 405 g/mol. The minimum atomic E-state index is -0.891. The number of nitrogens with one attached hydrogen (secondary N) is 1. The monoisotopic (exact) mass is 405 g/mol. The molecule has 0 spiro atoms. The quantitative estimate of drug-likeness (QED) is 0.220. The maximum atomic E-state index is 11.7. The molecule has 162 valence electrons. The van der Waals surface area contributed by atoms with E-state index in [4.69, 9.17) is 23.7 Å². The van der Waals surface area contributed by atoms with Gasteiger partial charge in [0.1, 0.15) is 13.2 Å². The first-order valence-electron chi connectivity index (χ1n) is 9.23. The van der Waals surface area contributed by atoms with E-state index >= 15 is 0 Å². The lowest BCUT2D eigenvalue weighted by Crippen LogP contribution is -2.30. The van der Waals surface area contributed by atoms with Crippen molar-refractivity contribution < 1.29 is 42.9 Å². The SMILES string of the molecule is CCCOCCOCCNC(=O)CCC(=O)OCC(COC(C)=O)OC(C)=O. The van der Waals surface area contributed by atoms with Gasteiger partial charge in [0.05, 0.1) is 26.2 Å². The molecule has 0 aliphatic rings. The second-order valence-corrected chi connectivity index (χ2v) is 5.79. The standard InChI is InChI=1S/C18H31NO9/c1-4-8-24-10-11-25-9-7-19-17(22)5-6-18(23)27-13-16(28-15(3)21)12-26-14(2)20/h16H,4-13H2,1-3H3,(H,19,22). The van der Waals surface area contributed by atoms with Crippen LogP contribution in [0.2, 0.25) is 0 Å². The third kappa shape index (κ3) is 17.2. The molecule has 1 atom stereocenters. The van der Waals surface area contributed by atoms with Crippen molar-refractivity contribution in [2.45, 2.75) is 46.1 Å². The van der Waals surface area contributed by atoms with Crippen molar-refractivity contribution in [3.8, 4) is 0 Å². The van der Waals surface area contributed by atoms with Crippen molar-refractivity contribution in [3.63, 3.8) is 0 Å². The van der Waals surface area contributed by atoms with Gasteiger partial charge in [-0.25, -0.2) is 0 Å². The van der Waals surface area contributed by atoms with Gasteiger partial charge in [0, 0.05) is 33.4 Å². The predicted molar refractivity (Wildman–Crippen MR) is 97.3 cm³/mol. The molecular formula is C18H31NO9. The molecule has 0 saturated carbocycles. The molecule has 1 unspecified atom stereocenters. The van der Waals surface area contributed by atoms with Crippen molar-refractivity contribution in [1.82, 2.24) is 5.32 Å². The Morgan fingerprint density at radius 1 is 0.821 bits per heavy atom. The summed E-state index contributed by atoms with van der Waals surface area (Å²) in [5, 5.41) is 2.62. The third-order valence-electron chi connectivity index (χ3n) is 3.08. The Bertz CT molecular complexity index is 482. The van der Waals surface area contributed by atoms with E-state index in [1.54, 1.807) is 0 Å². The summed E-state index contributed by atoms with van der Waals surface area (Å²) in [7, 11) is 0. The van der Waals surface area contributed by atoms with Crippen LogP contribution in [0.15, 0.2) is 0 Å². The molecule has 28 heavy (non-hydrogen) atoms. The van der Waals surface area contributed by atoms with Gasteiger partial charge in [-0.2, -0.15) is 0 Å². The van der Waals surface area contributed by atoms with Crippen molar-refractivity contribution in [2.75, 3.05) is 46.2 Å². The Morgan fingerprint density at radius 2 is 1.46 bits per heavy atom. The first-order chi connectivity index (χ1) is 13.3. The zero-order valence-corrected chi connectivity index (χ0v) is 16.8. The highest BCUT2D eigenvalue weighted by Gasteiger charge is 2.17. The normalized spacial score (nSPS) is 11.4. The predicted octanol–water partition coefficient (Wildman–Crippen LogP) is 0.364. The van der Waals surface area contributed by atoms with Gasteiger partial charge in [-0.15, -0.1) is 0 Å². The lowest BCUT2D eigenvalue weighted by molar-refractivity contribution is -0.164. The highest BCUT2D eigenvalue weighted by atomic mass is 16.6. The zero-order chi connectivity index (χ0) is 21.2. The molecule has 0 aliphatic heterocycles. The van der Waals surface area contributed by atoms with E-state index < -0.39 is 24.0 Å². The first kappa shape index (κ1) is 25.8. The largest absolute Gasteiger partial charge is 0.462 e. The average Bonchev–Trinajstić information content (AvgIpc) is 2.63. The number of carbonyl (C=O) groups excluding carboxylic acids is 4. The lowest BCUT2D eigenvalue weighted by atomic mass is 10.3. The fourth-order valence-electron chi connectivity index (χ4n) is 1.85. The number of rotatable bonds is 16. The molecule has 0 aromatic heterocycles. The van der Waals surface area contributed by atoms with E-state index in [9.17, 15) is 19.2 Å². The number of ether oxygens (including phenoxy) is 5. The summed E-state index contributed by atoms with van der Waals surface area (Å²) in [5.41, 5.74) is 0. The van der Waals surface area contributed by atoms with Crippen LogP contribution in [-0.2, 0) is 42.9 Å². The zero-order valence-electron chi connectivity index (χ0n) is 16.8. The summed E-state index contributed by atoms with van der Waals surface area (Å²) in [4.78, 5) is 45.1. The molecule has 1 N–H and O–H groups in total. The number of hydrogen-bond donors (Lipinski definition) is 1. The van der Waals surface area contributed by atoms with E-state index in [-0.39, 0.29) is 32.0 Å². The second-order valence-electron chi connectivity index (χ2n) is 5.79. The Kier molecular flexibility index (Phi) is 15.6. The summed E-state index contributed by atoms with van der Waals surface area (Å²) in [6.07, 6.45) is -0.106. The summed E-state index contributed by atoms with van der Waals surface area (Å²) in [6, 6.07) is 0. The molecule has 0 aromatic rings.